The van der Waals surface area contributed by atoms with Gasteiger partial charge in [-0.05, 0) is 30.9 Å². The summed E-state index contributed by atoms with van der Waals surface area (Å²) in [7, 11) is 1.39. The Morgan fingerprint density at radius 2 is 1.94 bits per heavy atom. The van der Waals surface area contributed by atoms with Crippen LogP contribution in [-0.2, 0) is 4.79 Å². The van der Waals surface area contributed by atoms with Crippen molar-refractivity contribution in [1.82, 2.24) is 20.3 Å². The summed E-state index contributed by atoms with van der Waals surface area (Å²) in [6.07, 6.45) is 5.97. The Kier molecular flexibility index (Phi) is 6.10. The van der Waals surface area contributed by atoms with Crippen molar-refractivity contribution in [3.05, 3.63) is 24.0 Å². The predicted octanol–water partition coefficient (Wildman–Crippen LogP) is 2.81. The van der Waals surface area contributed by atoms with E-state index < -0.39 is 17.8 Å². The Labute approximate surface area is 178 Å². The van der Waals surface area contributed by atoms with Crippen molar-refractivity contribution in [2.75, 3.05) is 35.7 Å². The van der Waals surface area contributed by atoms with Crippen LogP contribution in [0.15, 0.2) is 18.2 Å². The third-order valence-corrected chi connectivity index (χ3v) is 5.34. The fourth-order valence-electron chi connectivity index (χ4n) is 3.72. The summed E-state index contributed by atoms with van der Waals surface area (Å²) in [6, 6.07) is 3.75. The minimum atomic E-state index is -0.601. The zero-order chi connectivity index (χ0) is 21.8. The monoisotopic (exact) mass is 429 g/mol. The molecule has 31 heavy (non-hydrogen) atoms. The minimum absolute atomic E-state index is 0.0287. The molecule has 2 fully saturated rings. The van der Waals surface area contributed by atoms with Crippen molar-refractivity contribution in [3.63, 3.8) is 0 Å². The zero-order valence-corrected chi connectivity index (χ0v) is 17.2. The highest BCUT2D eigenvalue weighted by molar-refractivity contribution is 6.11. The van der Waals surface area contributed by atoms with Crippen molar-refractivity contribution >= 4 is 35.5 Å². The molecule has 1 aromatic carbocycles. The van der Waals surface area contributed by atoms with Gasteiger partial charge >= 0.3 is 6.03 Å². The van der Waals surface area contributed by atoms with Gasteiger partial charge < -0.3 is 15.4 Å². The minimum Gasteiger partial charge on any atom is -0.494 e. The molecular weight excluding hydrogens is 405 g/mol. The van der Waals surface area contributed by atoms with Gasteiger partial charge in [0.25, 0.3) is 0 Å². The van der Waals surface area contributed by atoms with Crippen LogP contribution in [0.3, 0.4) is 0 Å². The van der Waals surface area contributed by atoms with Gasteiger partial charge in [0.05, 0.1) is 7.11 Å². The van der Waals surface area contributed by atoms with E-state index in [0.717, 1.165) is 17.7 Å². The molecular formula is C20H24FN7O3. The van der Waals surface area contributed by atoms with Gasteiger partial charge in [0.2, 0.25) is 23.8 Å². The van der Waals surface area contributed by atoms with Crippen molar-refractivity contribution in [3.8, 4) is 5.75 Å². The van der Waals surface area contributed by atoms with E-state index in [1.54, 1.807) is 6.07 Å². The number of rotatable bonds is 7. The van der Waals surface area contributed by atoms with Gasteiger partial charge in [-0.2, -0.15) is 15.0 Å². The Morgan fingerprint density at radius 1 is 1.16 bits per heavy atom. The number of imide groups is 1. The van der Waals surface area contributed by atoms with E-state index in [9.17, 15) is 14.0 Å². The number of benzene rings is 1. The van der Waals surface area contributed by atoms with Crippen LogP contribution in [0.2, 0.25) is 0 Å². The maximum absolute atomic E-state index is 14.0. The smallest absolute Gasteiger partial charge is 0.331 e. The number of ether oxygens (including phenoxy) is 1. The highest BCUT2D eigenvalue weighted by atomic mass is 19.1. The summed E-state index contributed by atoms with van der Waals surface area (Å²) in [5.41, 5.74) is 0.399. The van der Waals surface area contributed by atoms with Gasteiger partial charge in [-0.3, -0.25) is 15.0 Å². The lowest BCUT2D eigenvalue weighted by Crippen LogP contribution is -2.30. The number of aromatic nitrogens is 3. The number of carbonyl (C=O) groups excluding carboxylic acids is 2. The molecule has 0 radical (unpaired) electrons. The fraction of sp³-hybridized carbons (Fsp3) is 0.450. The summed E-state index contributed by atoms with van der Waals surface area (Å²) in [6.45, 7) is 0.521. The second-order valence-electron chi connectivity index (χ2n) is 7.58. The third kappa shape index (κ3) is 4.98. The van der Waals surface area contributed by atoms with Gasteiger partial charge in [0, 0.05) is 18.3 Å². The standard InChI is InChI=1S/C20H24FN7O3/c1-31-15-8-7-13(9-14(15)21)23-18-25-17(22-10-12-5-3-2-4-6-12)26-19(27-18)28-11-16(29)24-20(28)30/h7-9,12H,2-6,10-11H2,1H3,(H,24,29,30)(H2,22,23,25,26,27). The molecule has 1 aliphatic heterocycles. The molecule has 2 heterocycles. The number of nitrogens with one attached hydrogen (secondary N) is 3. The zero-order valence-electron chi connectivity index (χ0n) is 17.2. The normalized spacial score (nSPS) is 16.9. The lowest BCUT2D eigenvalue weighted by Gasteiger charge is -2.22. The van der Waals surface area contributed by atoms with E-state index in [1.807, 2.05) is 0 Å². The maximum atomic E-state index is 14.0. The first-order chi connectivity index (χ1) is 15.0. The molecule has 0 atom stereocenters. The molecule has 164 valence electrons. The topological polar surface area (TPSA) is 121 Å². The molecule has 0 bridgehead atoms. The summed E-state index contributed by atoms with van der Waals surface area (Å²) in [5.74, 6) is 0.0885. The summed E-state index contributed by atoms with van der Waals surface area (Å²) in [4.78, 5) is 37.7. The molecule has 4 rings (SSSR count). The number of urea groups is 1. The molecule has 10 nitrogen and oxygen atoms in total. The van der Waals surface area contributed by atoms with Crippen LogP contribution in [0.25, 0.3) is 0 Å². The van der Waals surface area contributed by atoms with Gasteiger partial charge in [-0.25, -0.2) is 9.18 Å². The van der Waals surface area contributed by atoms with E-state index in [-0.39, 0.29) is 30.1 Å². The second kappa shape index (κ2) is 9.11. The van der Waals surface area contributed by atoms with Crippen LogP contribution in [0.4, 0.5) is 32.7 Å². The number of methoxy groups -OCH3 is 1. The largest absolute Gasteiger partial charge is 0.494 e. The quantitative estimate of drug-likeness (QED) is 0.575. The van der Waals surface area contributed by atoms with Gasteiger partial charge in [-0.15, -0.1) is 0 Å². The van der Waals surface area contributed by atoms with Crippen molar-refractivity contribution in [2.45, 2.75) is 32.1 Å². The average Bonchev–Trinajstić information content (AvgIpc) is 3.11. The molecule has 1 saturated heterocycles. The third-order valence-electron chi connectivity index (χ3n) is 5.34. The Hall–Kier alpha value is -3.50. The van der Waals surface area contributed by atoms with Gasteiger partial charge in [-0.1, -0.05) is 19.3 Å². The van der Waals surface area contributed by atoms with Crippen LogP contribution in [0.1, 0.15) is 32.1 Å². The van der Waals surface area contributed by atoms with Crippen LogP contribution in [0.5, 0.6) is 5.75 Å². The number of hydrogen-bond acceptors (Lipinski definition) is 8. The first kappa shape index (κ1) is 20.8. The predicted molar refractivity (Wildman–Crippen MR) is 112 cm³/mol. The Balaban J connectivity index is 1.58. The lowest BCUT2D eigenvalue weighted by molar-refractivity contribution is -0.117. The van der Waals surface area contributed by atoms with Gasteiger partial charge in [0.1, 0.15) is 6.54 Å². The average molecular weight is 429 g/mol. The molecule has 2 aromatic rings. The highest BCUT2D eigenvalue weighted by Gasteiger charge is 2.31. The van der Waals surface area contributed by atoms with E-state index >= 15 is 0 Å². The van der Waals surface area contributed by atoms with E-state index in [2.05, 4.69) is 30.9 Å². The number of hydrogen-bond donors (Lipinski definition) is 3. The molecule has 0 unspecified atom stereocenters. The van der Waals surface area contributed by atoms with Crippen molar-refractivity contribution in [2.24, 2.45) is 5.92 Å². The fourth-order valence-corrected chi connectivity index (χ4v) is 3.72. The summed E-state index contributed by atoms with van der Waals surface area (Å²) >= 11 is 0. The summed E-state index contributed by atoms with van der Waals surface area (Å²) < 4.78 is 19.0. The first-order valence-electron chi connectivity index (χ1n) is 10.2. The molecule has 3 amide bonds. The number of amides is 3. The Morgan fingerprint density at radius 3 is 2.61 bits per heavy atom. The van der Waals surface area contributed by atoms with Crippen LogP contribution < -0.4 is 25.6 Å². The van der Waals surface area contributed by atoms with Crippen LogP contribution >= 0.6 is 0 Å². The summed E-state index contributed by atoms with van der Waals surface area (Å²) in [5, 5.41) is 8.34. The number of anilines is 4. The van der Waals surface area contributed by atoms with E-state index in [4.69, 9.17) is 4.74 Å². The molecule has 11 heteroatoms. The van der Waals surface area contributed by atoms with Crippen molar-refractivity contribution in [1.29, 1.82) is 0 Å². The molecule has 2 aliphatic rings. The molecule has 1 saturated carbocycles. The first-order valence-corrected chi connectivity index (χ1v) is 10.2. The molecule has 1 aromatic heterocycles. The number of carbonyl (C=O) groups is 2. The molecule has 1 aliphatic carbocycles. The van der Waals surface area contributed by atoms with Crippen LogP contribution in [0, 0.1) is 11.7 Å². The van der Waals surface area contributed by atoms with Crippen LogP contribution in [-0.4, -0.2) is 47.1 Å². The van der Waals surface area contributed by atoms with E-state index in [0.29, 0.717) is 18.2 Å². The Bertz CT molecular complexity index is 981. The van der Waals surface area contributed by atoms with Crippen molar-refractivity contribution < 1.29 is 18.7 Å². The van der Waals surface area contributed by atoms with Gasteiger partial charge in [0.15, 0.2) is 11.6 Å². The van der Waals surface area contributed by atoms with E-state index in [1.165, 1.54) is 38.5 Å². The molecule has 3 N–H and O–H groups in total. The second-order valence-corrected chi connectivity index (χ2v) is 7.58. The molecule has 0 spiro atoms. The number of halogens is 1. The lowest BCUT2D eigenvalue weighted by atomic mass is 9.89. The maximum Gasteiger partial charge on any atom is 0.331 e. The SMILES string of the molecule is COc1ccc(Nc2nc(NCC3CCCCC3)nc(N3CC(=O)NC3=O)n2)cc1F. The number of nitrogens with zero attached hydrogens (tertiary/aromatic N) is 4. The highest BCUT2D eigenvalue weighted by Crippen LogP contribution is 2.26.